The lowest BCUT2D eigenvalue weighted by Crippen LogP contribution is -2.47. The fraction of sp³-hybridized carbons (Fsp3) is 0.524. The maximum atomic E-state index is 6.55. The molecule has 1 aromatic carbocycles. The van der Waals surface area contributed by atoms with Crippen LogP contribution >= 0.6 is 0 Å². The Morgan fingerprint density at radius 1 is 0.880 bits per heavy atom. The van der Waals surface area contributed by atoms with Gasteiger partial charge in [-0.2, -0.15) is 0 Å². The molecule has 0 saturated carbocycles. The fourth-order valence-corrected chi connectivity index (χ4v) is 8.96. The molecule has 0 atom stereocenters. The first-order chi connectivity index (χ1) is 11.7. The number of hydrogen-bond acceptors (Lipinski definition) is 3. The van der Waals surface area contributed by atoms with Gasteiger partial charge in [0.15, 0.2) is 0 Å². The van der Waals surface area contributed by atoms with Crippen LogP contribution in [-0.4, -0.2) is 22.5 Å². The van der Waals surface area contributed by atoms with Crippen LogP contribution in [0.25, 0.3) is 6.08 Å². The normalized spacial score (nSPS) is 12.3. The third kappa shape index (κ3) is 5.14. The molecule has 1 rings (SSSR count). The highest BCUT2D eigenvalue weighted by Gasteiger charge is 2.46. The summed E-state index contributed by atoms with van der Waals surface area (Å²) in [6.45, 7) is 17.8. The summed E-state index contributed by atoms with van der Waals surface area (Å²) in [7, 11) is 1.34. The van der Waals surface area contributed by atoms with Gasteiger partial charge in [0, 0.05) is 6.07 Å². The van der Waals surface area contributed by atoms with Crippen LogP contribution in [-0.2, 0) is 4.43 Å². The molecule has 0 bridgehead atoms. The van der Waals surface area contributed by atoms with Crippen LogP contribution < -0.4 is 9.47 Å². The van der Waals surface area contributed by atoms with Crippen molar-refractivity contribution in [3.05, 3.63) is 42.2 Å². The van der Waals surface area contributed by atoms with Gasteiger partial charge in [0.05, 0.1) is 20.0 Å². The quantitative estimate of drug-likeness (QED) is 0.288. The summed E-state index contributed by atoms with van der Waals surface area (Å²) >= 11 is 0. The van der Waals surface area contributed by atoms with E-state index >= 15 is 0 Å². The van der Waals surface area contributed by atoms with E-state index in [1.54, 1.807) is 14.2 Å². The maximum absolute atomic E-state index is 6.55. The van der Waals surface area contributed by atoms with E-state index < -0.39 is 8.32 Å². The minimum Gasteiger partial charge on any atom is -0.543 e. The molecule has 0 aromatic heterocycles. The van der Waals surface area contributed by atoms with Crippen molar-refractivity contribution in [2.45, 2.75) is 58.2 Å². The monoisotopic (exact) mass is 362 g/mol. The number of hydrogen-bond donors (Lipinski definition) is 0. The van der Waals surface area contributed by atoms with Gasteiger partial charge in [-0.05, 0) is 40.4 Å². The highest BCUT2D eigenvalue weighted by Crippen LogP contribution is 2.43. The largest absolute Gasteiger partial charge is 0.543 e. The average molecular weight is 363 g/mol. The van der Waals surface area contributed by atoms with Gasteiger partial charge in [-0.1, -0.05) is 54.2 Å². The third-order valence-corrected chi connectivity index (χ3v) is 10.9. The molecule has 0 fully saturated rings. The molecule has 0 aliphatic rings. The topological polar surface area (TPSA) is 27.7 Å². The number of methoxy groups -OCH3 is 2. The zero-order chi connectivity index (χ0) is 19.2. The van der Waals surface area contributed by atoms with Gasteiger partial charge in [0.2, 0.25) is 0 Å². The number of benzene rings is 1. The first kappa shape index (κ1) is 21.4. The van der Waals surface area contributed by atoms with Crippen molar-refractivity contribution >= 4 is 14.4 Å². The standard InChI is InChI=1S/C21H34O3Si/c1-15(2)25(16(3)4,17(5)6)24-18(7)10-11-19-12-20(22-8)14-21(13-19)23-9/h10-17H,7H2,1-6,8-9H3/b11-10+. The zero-order valence-corrected chi connectivity index (χ0v) is 18.1. The van der Waals surface area contributed by atoms with Gasteiger partial charge >= 0.3 is 0 Å². The average Bonchev–Trinajstić information content (AvgIpc) is 2.56. The molecule has 0 saturated heterocycles. The van der Waals surface area contributed by atoms with Crippen molar-refractivity contribution in [1.82, 2.24) is 0 Å². The van der Waals surface area contributed by atoms with Crippen LogP contribution in [0.4, 0.5) is 0 Å². The lowest BCUT2D eigenvalue weighted by Gasteiger charge is -2.42. The maximum Gasteiger partial charge on any atom is 0.258 e. The lowest BCUT2D eigenvalue weighted by atomic mass is 10.2. The summed E-state index contributed by atoms with van der Waals surface area (Å²) in [6, 6.07) is 5.78. The number of rotatable bonds is 9. The Labute approximate surface area is 154 Å². The molecule has 0 unspecified atom stereocenters. The van der Waals surface area contributed by atoms with Gasteiger partial charge in [0.1, 0.15) is 11.5 Å². The summed E-state index contributed by atoms with van der Waals surface area (Å²) in [5.74, 6) is 2.26. The Morgan fingerprint density at radius 3 is 1.68 bits per heavy atom. The van der Waals surface area contributed by atoms with E-state index in [4.69, 9.17) is 13.9 Å². The van der Waals surface area contributed by atoms with E-state index in [-0.39, 0.29) is 0 Å². The van der Waals surface area contributed by atoms with Gasteiger partial charge in [0.25, 0.3) is 8.32 Å². The van der Waals surface area contributed by atoms with Crippen LogP contribution in [0.15, 0.2) is 36.6 Å². The highest BCUT2D eigenvalue weighted by atomic mass is 28.4. The molecule has 0 radical (unpaired) electrons. The molecule has 140 valence electrons. The molecule has 0 aliphatic heterocycles. The van der Waals surface area contributed by atoms with Crippen LogP contribution in [0, 0.1) is 0 Å². The molecule has 0 heterocycles. The minimum atomic E-state index is -1.96. The molecule has 0 aliphatic carbocycles. The smallest absolute Gasteiger partial charge is 0.258 e. The summed E-state index contributed by atoms with van der Waals surface area (Å²) in [5, 5.41) is 0. The summed E-state index contributed by atoms with van der Waals surface area (Å²) in [6.07, 6.45) is 3.94. The molecule has 4 heteroatoms. The molecule has 25 heavy (non-hydrogen) atoms. The summed E-state index contributed by atoms with van der Waals surface area (Å²) < 4.78 is 17.2. The van der Waals surface area contributed by atoms with E-state index in [2.05, 4.69) is 48.1 Å². The van der Waals surface area contributed by atoms with Crippen molar-refractivity contribution in [2.24, 2.45) is 0 Å². The second kappa shape index (κ2) is 9.14. The molecule has 0 amide bonds. The molecule has 3 nitrogen and oxygen atoms in total. The van der Waals surface area contributed by atoms with E-state index in [0.29, 0.717) is 16.6 Å². The van der Waals surface area contributed by atoms with Crippen molar-refractivity contribution in [3.63, 3.8) is 0 Å². The van der Waals surface area contributed by atoms with Crippen LogP contribution in [0.5, 0.6) is 11.5 Å². The van der Waals surface area contributed by atoms with E-state index in [9.17, 15) is 0 Å². The molecule has 1 aromatic rings. The van der Waals surface area contributed by atoms with E-state index in [1.807, 2.05) is 30.4 Å². The van der Waals surface area contributed by atoms with Crippen molar-refractivity contribution < 1.29 is 13.9 Å². The highest BCUT2D eigenvalue weighted by molar-refractivity contribution is 6.77. The first-order valence-electron chi connectivity index (χ1n) is 8.96. The van der Waals surface area contributed by atoms with Gasteiger partial charge in [-0.3, -0.25) is 0 Å². The Bertz CT molecular complexity index is 559. The van der Waals surface area contributed by atoms with E-state index in [1.165, 1.54) is 0 Å². The van der Waals surface area contributed by atoms with Crippen LogP contribution in [0.1, 0.15) is 47.1 Å². The minimum absolute atomic E-state index is 0.523. The molecule has 0 N–H and O–H groups in total. The van der Waals surface area contributed by atoms with Crippen molar-refractivity contribution in [2.75, 3.05) is 14.2 Å². The molecular formula is C21H34O3Si. The Morgan fingerprint density at radius 2 is 1.32 bits per heavy atom. The molecule has 0 spiro atoms. The lowest BCUT2D eigenvalue weighted by molar-refractivity contribution is 0.389. The van der Waals surface area contributed by atoms with Crippen LogP contribution in [0.3, 0.4) is 0 Å². The second-order valence-corrected chi connectivity index (χ2v) is 12.7. The third-order valence-electron chi connectivity index (χ3n) is 4.85. The van der Waals surface area contributed by atoms with Gasteiger partial charge < -0.3 is 13.9 Å². The first-order valence-corrected chi connectivity index (χ1v) is 11.1. The van der Waals surface area contributed by atoms with Crippen LogP contribution in [0.2, 0.25) is 16.6 Å². The van der Waals surface area contributed by atoms with Gasteiger partial charge in [-0.15, -0.1) is 0 Å². The zero-order valence-electron chi connectivity index (χ0n) is 17.1. The second-order valence-electron chi connectivity index (χ2n) is 7.37. The number of ether oxygens (including phenoxy) is 2. The summed E-state index contributed by atoms with van der Waals surface area (Å²) in [4.78, 5) is 0. The van der Waals surface area contributed by atoms with Gasteiger partial charge in [-0.25, -0.2) is 0 Å². The summed E-state index contributed by atoms with van der Waals surface area (Å²) in [5.41, 5.74) is 2.56. The predicted molar refractivity (Wildman–Crippen MR) is 110 cm³/mol. The Hall–Kier alpha value is -1.68. The van der Waals surface area contributed by atoms with E-state index in [0.717, 1.165) is 22.8 Å². The van der Waals surface area contributed by atoms with Crippen molar-refractivity contribution in [1.29, 1.82) is 0 Å². The SMILES string of the molecule is C=C(/C=C/c1cc(OC)cc(OC)c1)O[Si](C(C)C)(C(C)C)C(C)C. The Balaban J connectivity index is 3.03. The fourth-order valence-electron chi connectivity index (χ4n) is 3.73. The predicted octanol–water partition coefficient (Wildman–Crippen LogP) is 6.42. The Kier molecular flexibility index (Phi) is 7.81. The molecular weight excluding hydrogens is 328 g/mol. The number of allylic oxidation sites excluding steroid dienone is 1. The van der Waals surface area contributed by atoms with Crippen molar-refractivity contribution in [3.8, 4) is 11.5 Å².